The Balaban J connectivity index is 1.46. The van der Waals surface area contributed by atoms with Crippen LogP contribution in [0.15, 0.2) is 66.2 Å². The van der Waals surface area contributed by atoms with E-state index in [0.717, 1.165) is 48.8 Å². The third-order valence-corrected chi connectivity index (χ3v) is 5.69. The first kappa shape index (κ1) is 18.3. The van der Waals surface area contributed by atoms with Crippen LogP contribution in [0, 0.1) is 11.3 Å². The number of ether oxygens (including phenoxy) is 1. The van der Waals surface area contributed by atoms with E-state index in [1.165, 1.54) is 5.57 Å². The summed E-state index contributed by atoms with van der Waals surface area (Å²) in [6.07, 6.45) is 6.77. The van der Waals surface area contributed by atoms with Gasteiger partial charge in [0.2, 0.25) is 0 Å². The quantitative estimate of drug-likeness (QED) is 0.711. The second kappa shape index (κ2) is 8.31. The van der Waals surface area contributed by atoms with Gasteiger partial charge in [-0.05, 0) is 49.3 Å². The first-order valence-corrected chi connectivity index (χ1v) is 9.91. The summed E-state index contributed by atoms with van der Waals surface area (Å²) in [5.41, 5.74) is 4.12. The van der Waals surface area contributed by atoms with Gasteiger partial charge in [0.25, 0.3) is 0 Å². The Kier molecular flexibility index (Phi) is 5.43. The maximum absolute atomic E-state index is 12.8. The normalized spacial score (nSPS) is 20.8. The summed E-state index contributed by atoms with van der Waals surface area (Å²) in [5.74, 6) is 0. The van der Waals surface area contributed by atoms with E-state index in [9.17, 15) is 10.1 Å². The molecule has 4 nitrogen and oxygen atoms in total. The van der Waals surface area contributed by atoms with Crippen LogP contribution in [0.5, 0.6) is 0 Å². The molecule has 0 aliphatic carbocycles. The van der Waals surface area contributed by atoms with Crippen LogP contribution in [-0.4, -0.2) is 23.1 Å². The predicted octanol–water partition coefficient (Wildman–Crippen LogP) is 4.99. The minimum absolute atomic E-state index is 0.0972. The van der Waals surface area contributed by atoms with E-state index in [4.69, 9.17) is 4.74 Å². The smallest absolute Gasteiger partial charge is 0.410 e. The summed E-state index contributed by atoms with van der Waals surface area (Å²) in [4.78, 5) is 14.7. The molecule has 0 aromatic heterocycles. The molecule has 0 radical (unpaired) electrons. The van der Waals surface area contributed by atoms with Gasteiger partial charge in [0.1, 0.15) is 6.61 Å². The lowest BCUT2D eigenvalue weighted by molar-refractivity contribution is 0.0481. The van der Waals surface area contributed by atoms with Crippen LogP contribution in [-0.2, 0) is 17.8 Å². The van der Waals surface area contributed by atoms with Gasteiger partial charge in [-0.15, -0.1) is 0 Å². The van der Waals surface area contributed by atoms with Crippen LogP contribution >= 0.6 is 0 Å². The number of hydrogen-bond donors (Lipinski definition) is 0. The molecule has 0 spiro atoms. The topological polar surface area (TPSA) is 53.3 Å². The SMILES string of the molecule is N#Cc1ccccc1CC1=CC2CCCC(C1)N2C(=O)OCc1ccccc1. The zero-order valence-electron chi connectivity index (χ0n) is 15.9. The van der Waals surface area contributed by atoms with Crippen molar-refractivity contribution in [2.75, 3.05) is 0 Å². The summed E-state index contributed by atoms with van der Waals surface area (Å²) >= 11 is 0. The monoisotopic (exact) mass is 372 g/mol. The van der Waals surface area contributed by atoms with Gasteiger partial charge in [-0.25, -0.2) is 4.79 Å². The van der Waals surface area contributed by atoms with Crippen LogP contribution in [0.1, 0.15) is 42.4 Å². The van der Waals surface area contributed by atoms with Gasteiger partial charge in [0.05, 0.1) is 17.7 Å². The Bertz CT molecular complexity index is 914. The van der Waals surface area contributed by atoms with Crippen LogP contribution in [0.25, 0.3) is 0 Å². The first-order chi connectivity index (χ1) is 13.7. The molecular formula is C24H24N2O2. The van der Waals surface area contributed by atoms with Crippen molar-refractivity contribution in [3.05, 3.63) is 82.9 Å². The van der Waals surface area contributed by atoms with E-state index >= 15 is 0 Å². The summed E-state index contributed by atoms with van der Waals surface area (Å²) < 4.78 is 5.61. The van der Waals surface area contributed by atoms with Gasteiger partial charge >= 0.3 is 6.09 Å². The summed E-state index contributed by atoms with van der Waals surface area (Å²) in [5, 5.41) is 9.34. The van der Waals surface area contributed by atoms with E-state index in [2.05, 4.69) is 12.1 Å². The Morgan fingerprint density at radius 1 is 1.11 bits per heavy atom. The molecule has 2 aromatic rings. The molecule has 1 amide bonds. The lowest BCUT2D eigenvalue weighted by Crippen LogP contribution is -2.52. The van der Waals surface area contributed by atoms with Gasteiger partial charge in [-0.1, -0.05) is 60.2 Å². The molecule has 1 fully saturated rings. The highest BCUT2D eigenvalue weighted by Gasteiger charge is 2.37. The molecule has 2 aliphatic rings. The van der Waals surface area contributed by atoms with Crippen molar-refractivity contribution in [1.82, 2.24) is 4.90 Å². The van der Waals surface area contributed by atoms with Gasteiger partial charge in [-0.2, -0.15) is 5.26 Å². The lowest BCUT2D eigenvalue weighted by Gasteiger charge is -2.44. The highest BCUT2D eigenvalue weighted by molar-refractivity contribution is 5.69. The number of hydrogen-bond acceptors (Lipinski definition) is 3. The summed E-state index contributed by atoms with van der Waals surface area (Å²) in [7, 11) is 0. The average Bonchev–Trinajstić information content (AvgIpc) is 2.72. The molecule has 2 heterocycles. The Morgan fingerprint density at radius 2 is 1.89 bits per heavy atom. The number of benzene rings is 2. The number of nitrogens with zero attached hydrogens (tertiary/aromatic N) is 2. The molecule has 2 aliphatic heterocycles. The molecule has 0 N–H and O–H groups in total. The number of amides is 1. The molecule has 4 rings (SSSR count). The average molecular weight is 372 g/mol. The highest BCUT2D eigenvalue weighted by Crippen LogP contribution is 2.35. The van der Waals surface area contributed by atoms with Crippen molar-refractivity contribution in [3.63, 3.8) is 0 Å². The van der Waals surface area contributed by atoms with Crippen molar-refractivity contribution in [3.8, 4) is 6.07 Å². The fourth-order valence-corrected chi connectivity index (χ4v) is 4.36. The van der Waals surface area contributed by atoms with Gasteiger partial charge in [0.15, 0.2) is 0 Å². The number of nitriles is 1. The third-order valence-electron chi connectivity index (χ3n) is 5.69. The second-order valence-electron chi connectivity index (χ2n) is 7.57. The van der Waals surface area contributed by atoms with Crippen LogP contribution in [0.4, 0.5) is 4.79 Å². The molecule has 28 heavy (non-hydrogen) atoms. The lowest BCUT2D eigenvalue weighted by atomic mass is 9.83. The van der Waals surface area contributed by atoms with Gasteiger partial charge in [0, 0.05) is 6.04 Å². The zero-order chi connectivity index (χ0) is 19.3. The van der Waals surface area contributed by atoms with Gasteiger partial charge in [-0.3, -0.25) is 4.90 Å². The maximum Gasteiger partial charge on any atom is 0.410 e. The first-order valence-electron chi connectivity index (χ1n) is 9.91. The molecule has 1 saturated heterocycles. The molecule has 2 bridgehead atoms. The Labute approximate surface area is 166 Å². The molecule has 2 atom stereocenters. The number of carbonyl (C=O) groups is 1. The maximum atomic E-state index is 12.8. The van der Waals surface area contributed by atoms with E-state index in [1.54, 1.807) is 0 Å². The predicted molar refractivity (Wildman–Crippen MR) is 107 cm³/mol. The van der Waals surface area contributed by atoms with E-state index in [-0.39, 0.29) is 18.2 Å². The minimum Gasteiger partial charge on any atom is -0.445 e. The standard InChI is InChI=1S/C24H24N2O2/c25-16-21-10-5-4-9-20(21)13-19-14-22-11-6-12-23(15-19)26(22)24(27)28-17-18-7-2-1-3-8-18/h1-5,7-10,14,22-23H,6,11-13,15,17H2. The highest BCUT2D eigenvalue weighted by atomic mass is 16.6. The van der Waals surface area contributed by atoms with E-state index in [1.807, 2.05) is 59.5 Å². The van der Waals surface area contributed by atoms with Crippen LogP contribution in [0.3, 0.4) is 0 Å². The van der Waals surface area contributed by atoms with Crippen LogP contribution < -0.4 is 0 Å². The molecule has 142 valence electrons. The number of fused-ring (bicyclic) bond motifs is 2. The minimum atomic E-state index is -0.216. The third kappa shape index (κ3) is 3.94. The molecule has 2 aromatic carbocycles. The number of carbonyl (C=O) groups excluding carboxylic acids is 1. The summed E-state index contributed by atoms with van der Waals surface area (Å²) in [6, 6.07) is 20.1. The molecule has 0 saturated carbocycles. The fourth-order valence-electron chi connectivity index (χ4n) is 4.36. The fraction of sp³-hybridized carbons (Fsp3) is 0.333. The van der Waals surface area contributed by atoms with Crippen LogP contribution in [0.2, 0.25) is 0 Å². The zero-order valence-corrected chi connectivity index (χ0v) is 15.9. The number of rotatable bonds is 4. The van der Waals surface area contributed by atoms with E-state index < -0.39 is 0 Å². The van der Waals surface area contributed by atoms with Crippen molar-refractivity contribution in [1.29, 1.82) is 5.26 Å². The Morgan fingerprint density at radius 3 is 2.68 bits per heavy atom. The van der Waals surface area contributed by atoms with Crippen molar-refractivity contribution in [2.45, 2.75) is 50.8 Å². The Hall–Kier alpha value is -3.06. The van der Waals surface area contributed by atoms with Crippen molar-refractivity contribution in [2.24, 2.45) is 0 Å². The largest absolute Gasteiger partial charge is 0.445 e. The number of piperidine rings is 1. The second-order valence-corrected chi connectivity index (χ2v) is 7.57. The summed E-state index contributed by atoms with van der Waals surface area (Å²) in [6.45, 7) is 0.307. The molecular weight excluding hydrogens is 348 g/mol. The van der Waals surface area contributed by atoms with Crippen molar-refractivity contribution >= 4 is 6.09 Å². The van der Waals surface area contributed by atoms with Crippen molar-refractivity contribution < 1.29 is 9.53 Å². The molecule has 2 unspecified atom stereocenters. The van der Waals surface area contributed by atoms with E-state index in [0.29, 0.717) is 6.61 Å². The molecule has 4 heteroatoms. The van der Waals surface area contributed by atoms with Gasteiger partial charge < -0.3 is 4.74 Å².